The second kappa shape index (κ2) is 9.88. The van der Waals surface area contributed by atoms with E-state index in [1.165, 1.54) is 0 Å². The SMILES string of the molecule is NCc1ccc2cc(C(=O)O)n(Cc3cc(NS(=O)(=O)CC[C@@H]4CCCN4)cc4ccccc34)c2n1. The number of aromatic nitrogens is 2. The molecule has 9 nitrogen and oxygen atoms in total. The summed E-state index contributed by atoms with van der Waals surface area (Å²) in [5.74, 6) is -1.03. The number of nitrogens with two attached hydrogens (primary N) is 1. The van der Waals surface area contributed by atoms with Gasteiger partial charge in [0.05, 0.1) is 18.0 Å². The van der Waals surface area contributed by atoms with Gasteiger partial charge in [-0.3, -0.25) is 4.72 Å². The lowest BCUT2D eigenvalue weighted by Crippen LogP contribution is -2.26. The number of fused-ring (bicyclic) bond motifs is 2. The predicted molar refractivity (Wildman–Crippen MR) is 141 cm³/mol. The quantitative estimate of drug-likeness (QED) is 0.273. The van der Waals surface area contributed by atoms with Gasteiger partial charge in [-0.2, -0.15) is 0 Å². The summed E-state index contributed by atoms with van der Waals surface area (Å²) >= 11 is 0. The van der Waals surface area contributed by atoms with E-state index in [4.69, 9.17) is 5.73 Å². The van der Waals surface area contributed by atoms with Crippen molar-refractivity contribution in [3.8, 4) is 0 Å². The third-order valence-corrected chi connectivity index (χ3v) is 8.00. The van der Waals surface area contributed by atoms with Crippen molar-refractivity contribution in [2.75, 3.05) is 17.0 Å². The van der Waals surface area contributed by atoms with Crippen molar-refractivity contribution < 1.29 is 18.3 Å². The van der Waals surface area contributed by atoms with E-state index < -0.39 is 16.0 Å². The van der Waals surface area contributed by atoms with Gasteiger partial charge in [0.15, 0.2) is 0 Å². The van der Waals surface area contributed by atoms with Crippen molar-refractivity contribution in [2.45, 2.75) is 38.4 Å². The van der Waals surface area contributed by atoms with Gasteiger partial charge in [0.1, 0.15) is 11.3 Å². The topological polar surface area (TPSA) is 139 Å². The average Bonchev–Trinajstić information content (AvgIpc) is 3.50. The summed E-state index contributed by atoms with van der Waals surface area (Å²) in [6, 6.07) is 16.7. The Balaban J connectivity index is 1.52. The second-order valence-corrected chi connectivity index (χ2v) is 11.0. The zero-order chi connectivity index (χ0) is 25.3. The van der Waals surface area contributed by atoms with E-state index in [-0.39, 0.29) is 30.6 Å². The largest absolute Gasteiger partial charge is 0.477 e. The van der Waals surface area contributed by atoms with Gasteiger partial charge in [-0.1, -0.05) is 24.3 Å². The molecule has 4 aromatic rings. The zero-order valence-electron chi connectivity index (χ0n) is 19.8. The van der Waals surface area contributed by atoms with Gasteiger partial charge in [0.25, 0.3) is 0 Å². The molecule has 5 N–H and O–H groups in total. The second-order valence-electron chi connectivity index (χ2n) is 9.20. The minimum absolute atomic E-state index is 0.0318. The Labute approximate surface area is 209 Å². The molecule has 1 aliphatic rings. The number of rotatable bonds is 9. The number of pyridine rings is 1. The number of carbonyl (C=O) groups is 1. The van der Waals surface area contributed by atoms with E-state index in [0.717, 1.165) is 35.7 Å². The van der Waals surface area contributed by atoms with Crippen molar-refractivity contribution in [3.63, 3.8) is 0 Å². The first-order valence-electron chi connectivity index (χ1n) is 12.0. The lowest BCUT2D eigenvalue weighted by molar-refractivity contribution is 0.0686. The van der Waals surface area contributed by atoms with Crippen LogP contribution in [0.4, 0.5) is 5.69 Å². The lowest BCUT2D eigenvalue weighted by atomic mass is 10.0. The Morgan fingerprint density at radius 2 is 2.00 bits per heavy atom. The maximum atomic E-state index is 12.9. The molecule has 188 valence electrons. The van der Waals surface area contributed by atoms with Crippen LogP contribution in [0.25, 0.3) is 21.8 Å². The molecule has 0 saturated carbocycles. The molecule has 0 radical (unpaired) electrons. The van der Waals surface area contributed by atoms with E-state index in [1.807, 2.05) is 30.3 Å². The third-order valence-electron chi connectivity index (χ3n) is 6.68. The van der Waals surface area contributed by atoms with Crippen molar-refractivity contribution in [3.05, 3.63) is 71.5 Å². The third kappa shape index (κ3) is 5.06. The number of carboxylic acids is 1. The fraction of sp³-hybridized carbons (Fsp3) is 0.308. The molecule has 1 saturated heterocycles. The van der Waals surface area contributed by atoms with Crippen LogP contribution in [-0.4, -0.2) is 47.4 Å². The molecule has 36 heavy (non-hydrogen) atoms. The molecule has 0 amide bonds. The highest BCUT2D eigenvalue weighted by atomic mass is 32.2. The minimum Gasteiger partial charge on any atom is -0.477 e. The van der Waals surface area contributed by atoms with Crippen molar-refractivity contribution in [1.29, 1.82) is 0 Å². The molecule has 0 bridgehead atoms. The van der Waals surface area contributed by atoms with Gasteiger partial charge in [-0.25, -0.2) is 18.2 Å². The standard InChI is InChI=1S/C26H29N5O4S/c27-15-21-8-7-18-14-24(26(32)33)31(25(18)29-21)16-19-13-22(12-17-4-1-2-6-23(17)19)30-36(34,35)11-9-20-5-3-10-28-20/h1-2,4,6-8,12-14,20,28,30H,3,5,9-11,15-16,27H2,(H,32,33)/t20-/m0/s1. The molecule has 1 aliphatic heterocycles. The number of nitrogens with zero attached hydrogens (tertiary/aromatic N) is 2. The molecule has 1 atom stereocenters. The van der Waals surface area contributed by atoms with Gasteiger partial charge < -0.3 is 20.7 Å². The van der Waals surface area contributed by atoms with Gasteiger partial charge >= 0.3 is 5.97 Å². The van der Waals surface area contributed by atoms with Crippen LogP contribution < -0.4 is 15.8 Å². The highest BCUT2D eigenvalue weighted by molar-refractivity contribution is 7.92. The average molecular weight is 508 g/mol. The maximum absolute atomic E-state index is 12.9. The first kappa shape index (κ1) is 24.2. The monoisotopic (exact) mass is 507 g/mol. The smallest absolute Gasteiger partial charge is 0.352 e. The van der Waals surface area contributed by atoms with E-state index >= 15 is 0 Å². The number of benzene rings is 2. The van der Waals surface area contributed by atoms with Crippen molar-refractivity contribution in [1.82, 2.24) is 14.9 Å². The van der Waals surface area contributed by atoms with Crippen LogP contribution in [0.15, 0.2) is 54.6 Å². The lowest BCUT2D eigenvalue weighted by Gasteiger charge is -2.15. The molecule has 1 fully saturated rings. The van der Waals surface area contributed by atoms with Crippen LogP contribution in [0.5, 0.6) is 0 Å². The maximum Gasteiger partial charge on any atom is 0.352 e. The Morgan fingerprint density at radius 1 is 1.17 bits per heavy atom. The molecule has 10 heteroatoms. The van der Waals surface area contributed by atoms with Crippen LogP contribution in [0.3, 0.4) is 0 Å². The summed E-state index contributed by atoms with van der Waals surface area (Å²) in [6.07, 6.45) is 2.62. The van der Waals surface area contributed by atoms with Crippen molar-refractivity contribution >= 4 is 43.5 Å². The summed E-state index contributed by atoms with van der Waals surface area (Å²) < 4.78 is 30.1. The number of hydrogen-bond acceptors (Lipinski definition) is 6. The highest BCUT2D eigenvalue weighted by Crippen LogP contribution is 2.28. The number of sulfonamides is 1. The number of aromatic carboxylic acids is 1. The summed E-state index contributed by atoms with van der Waals surface area (Å²) in [7, 11) is -3.55. The summed E-state index contributed by atoms with van der Waals surface area (Å²) in [5.41, 5.74) is 8.28. The zero-order valence-corrected chi connectivity index (χ0v) is 20.6. The van der Waals surface area contributed by atoms with Crippen LogP contribution in [0.2, 0.25) is 0 Å². The summed E-state index contributed by atoms with van der Waals surface area (Å²) in [5, 5.41) is 15.7. The van der Waals surface area contributed by atoms with Crippen molar-refractivity contribution in [2.24, 2.45) is 5.73 Å². The number of anilines is 1. The Bertz CT molecular complexity index is 1540. The van der Waals surface area contributed by atoms with Gasteiger partial charge in [0, 0.05) is 23.7 Å². The number of carboxylic acid groups (broad SMARTS) is 1. The van der Waals surface area contributed by atoms with Gasteiger partial charge in [-0.05, 0) is 72.5 Å². The number of nitrogens with one attached hydrogen (secondary N) is 2. The van der Waals surface area contributed by atoms with E-state index in [2.05, 4.69) is 15.0 Å². The summed E-state index contributed by atoms with van der Waals surface area (Å²) in [6.45, 7) is 1.37. The molecule has 2 aromatic carbocycles. The van der Waals surface area contributed by atoms with Crippen LogP contribution in [0.1, 0.15) is 41.0 Å². The first-order chi connectivity index (χ1) is 17.3. The van der Waals surface area contributed by atoms with Crippen LogP contribution in [-0.2, 0) is 23.1 Å². The van der Waals surface area contributed by atoms with Crippen LogP contribution in [0, 0.1) is 0 Å². The van der Waals surface area contributed by atoms with E-state index in [9.17, 15) is 18.3 Å². The fourth-order valence-electron chi connectivity index (χ4n) is 4.90. The van der Waals surface area contributed by atoms with E-state index in [1.54, 1.807) is 28.8 Å². The van der Waals surface area contributed by atoms with Gasteiger partial charge in [-0.15, -0.1) is 0 Å². The van der Waals surface area contributed by atoms with E-state index in [0.29, 0.717) is 28.8 Å². The molecule has 2 aromatic heterocycles. The normalized spacial score (nSPS) is 16.1. The molecular formula is C26H29N5O4S. The Hall–Kier alpha value is -3.47. The molecule has 0 aliphatic carbocycles. The first-order valence-corrected chi connectivity index (χ1v) is 13.7. The Kier molecular flexibility index (Phi) is 6.65. The van der Waals surface area contributed by atoms with Crippen LogP contribution >= 0.6 is 0 Å². The molecule has 0 spiro atoms. The summed E-state index contributed by atoms with van der Waals surface area (Å²) in [4.78, 5) is 16.6. The molecule has 0 unspecified atom stereocenters. The number of hydrogen-bond donors (Lipinski definition) is 4. The molecule has 3 heterocycles. The molecular weight excluding hydrogens is 478 g/mol. The minimum atomic E-state index is -3.55. The molecule has 5 rings (SSSR count). The predicted octanol–water partition coefficient (Wildman–Crippen LogP) is 3.28. The van der Waals surface area contributed by atoms with Gasteiger partial charge in [0.2, 0.25) is 10.0 Å². The fourth-order valence-corrected chi connectivity index (χ4v) is 6.07. The Morgan fingerprint density at radius 3 is 2.75 bits per heavy atom. The highest BCUT2D eigenvalue weighted by Gasteiger charge is 2.20.